The molecule has 0 aliphatic heterocycles. The van der Waals surface area contributed by atoms with Gasteiger partial charge >= 0.3 is 12.1 Å². The van der Waals surface area contributed by atoms with Crippen molar-refractivity contribution in [2.45, 2.75) is 56.5 Å². The number of carboxylic acid groups (broad SMARTS) is 1. The smallest absolute Gasteiger partial charge is 0.407 e. The third-order valence-corrected chi connectivity index (χ3v) is 7.35. The molecule has 0 heterocycles. The van der Waals surface area contributed by atoms with Crippen molar-refractivity contribution in [1.29, 1.82) is 0 Å². The van der Waals surface area contributed by atoms with Crippen LogP contribution in [-0.2, 0) is 14.3 Å². The van der Waals surface area contributed by atoms with Crippen molar-refractivity contribution in [3.8, 4) is 11.1 Å². The molecule has 0 saturated heterocycles. The maximum Gasteiger partial charge on any atom is 0.407 e. The second kappa shape index (κ2) is 9.49. The molecule has 3 atom stereocenters. The first-order chi connectivity index (χ1) is 16.5. The minimum atomic E-state index is -0.817. The summed E-state index contributed by atoms with van der Waals surface area (Å²) in [6, 6.07) is 15.5. The van der Waals surface area contributed by atoms with Crippen molar-refractivity contribution in [2.75, 3.05) is 6.61 Å². The van der Waals surface area contributed by atoms with E-state index in [0.717, 1.165) is 35.1 Å². The Kier molecular flexibility index (Phi) is 6.26. The van der Waals surface area contributed by atoms with Gasteiger partial charge in [0.15, 0.2) is 0 Å². The summed E-state index contributed by atoms with van der Waals surface area (Å²) in [6.45, 7) is 0.195. The third-order valence-electron chi connectivity index (χ3n) is 7.35. The number of amides is 2. The normalized spacial score (nSPS) is 21.9. The highest BCUT2D eigenvalue weighted by molar-refractivity contribution is 5.86. The summed E-state index contributed by atoms with van der Waals surface area (Å²) < 4.78 is 5.63. The molecule has 0 unspecified atom stereocenters. The van der Waals surface area contributed by atoms with Crippen LogP contribution in [0.4, 0.5) is 4.79 Å². The number of hydrogen-bond donors (Lipinski definition) is 3. The molecule has 2 amide bonds. The first kappa shape index (κ1) is 22.4. The van der Waals surface area contributed by atoms with E-state index in [1.807, 2.05) is 24.3 Å². The molecule has 2 fully saturated rings. The maximum absolute atomic E-state index is 12.9. The number of aliphatic carboxylic acids is 1. The average Bonchev–Trinajstić information content (AvgIpc) is 3.42. The van der Waals surface area contributed by atoms with E-state index >= 15 is 0 Å². The number of rotatable bonds is 8. The van der Waals surface area contributed by atoms with Gasteiger partial charge in [0.25, 0.3) is 0 Å². The van der Waals surface area contributed by atoms with Gasteiger partial charge in [0.05, 0.1) is 5.92 Å². The molecule has 0 spiro atoms. The molecule has 3 aliphatic rings. The molecular formula is C27H30N2O5. The molecule has 2 aromatic carbocycles. The molecule has 2 saturated carbocycles. The second-order valence-electron chi connectivity index (χ2n) is 9.76. The standard InChI is InChI=1S/C27H30N2O5/c30-25(28-18-12-11-17(14-18)26(31)32)24(13-16-9-10-16)29-27(33)34-15-23-21-7-3-1-5-19(21)20-6-2-4-8-22(20)23/h1-8,16-18,23-24H,9-15H2,(H,28,30)(H,29,33)(H,31,32)/t17-,18+,24+/m1/s1. The molecular weight excluding hydrogens is 432 g/mol. The molecule has 0 radical (unpaired) electrons. The van der Waals surface area contributed by atoms with Crippen molar-refractivity contribution in [3.63, 3.8) is 0 Å². The Morgan fingerprint density at radius 2 is 1.59 bits per heavy atom. The van der Waals surface area contributed by atoms with Crippen LogP contribution in [0.1, 0.15) is 55.6 Å². The van der Waals surface area contributed by atoms with Crippen LogP contribution in [-0.4, -0.2) is 41.8 Å². The molecule has 5 rings (SSSR count). The SMILES string of the molecule is O=C(N[C@@H](CC1CC1)C(=O)N[C@H]1CC[C@@H](C(=O)O)C1)OCC1c2ccccc2-c2ccccc21. The first-order valence-corrected chi connectivity index (χ1v) is 12.1. The lowest BCUT2D eigenvalue weighted by atomic mass is 9.98. The fourth-order valence-electron chi connectivity index (χ4n) is 5.34. The predicted octanol–water partition coefficient (Wildman–Crippen LogP) is 4.06. The van der Waals surface area contributed by atoms with Crippen LogP contribution < -0.4 is 10.6 Å². The zero-order valence-electron chi connectivity index (χ0n) is 19.0. The second-order valence-corrected chi connectivity index (χ2v) is 9.76. The maximum atomic E-state index is 12.9. The Morgan fingerprint density at radius 1 is 0.941 bits per heavy atom. The summed E-state index contributed by atoms with van der Waals surface area (Å²) in [5, 5.41) is 14.9. The van der Waals surface area contributed by atoms with Gasteiger partial charge in [-0.25, -0.2) is 4.79 Å². The molecule has 34 heavy (non-hydrogen) atoms. The molecule has 7 heteroatoms. The summed E-state index contributed by atoms with van der Waals surface area (Å²) in [4.78, 5) is 36.9. The van der Waals surface area contributed by atoms with Crippen LogP contribution in [0.2, 0.25) is 0 Å². The van der Waals surface area contributed by atoms with Crippen LogP contribution in [0.15, 0.2) is 48.5 Å². The predicted molar refractivity (Wildman–Crippen MR) is 126 cm³/mol. The van der Waals surface area contributed by atoms with Crippen LogP contribution in [0.3, 0.4) is 0 Å². The van der Waals surface area contributed by atoms with Crippen LogP contribution in [0.5, 0.6) is 0 Å². The highest BCUT2D eigenvalue weighted by atomic mass is 16.5. The number of carbonyl (C=O) groups excluding carboxylic acids is 2. The number of alkyl carbamates (subject to hydrolysis) is 1. The van der Waals surface area contributed by atoms with Gasteiger partial charge in [-0.05, 0) is 53.9 Å². The van der Waals surface area contributed by atoms with Gasteiger partial charge in [0, 0.05) is 12.0 Å². The number of fused-ring (bicyclic) bond motifs is 3. The van der Waals surface area contributed by atoms with E-state index in [4.69, 9.17) is 4.74 Å². The van der Waals surface area contributed by atoms with E-state index in [1.54, 1.807) is 0 Å². The van der Waals surface area contributed by atoms with E-state index in [0.29, 0.717) is 31.6 Å². The topological polar surface area (TPSA) is 105 Å². The molecule has 2 aromatic rings. The number of carboxylic acids is 1. The monoisotopic (exact) mass is 462 g/mol. The van der Waals surface area contributed by atoms with Crippen LogP contribution in [0.25, 0.3) is 11.1 Å². The summed E-state index contributed by atoms with van der Waals surface area (Å²) in [7, 11) is 0. The number of hydrogen-bond acceptors (Lipinski definition) is 4. The summed E-state index contributed by atoms with van der Waals surface area (Å²) in [5.41, 5.74) is 4.60. The average molecular weight is 463 g/mol. The largest absolute Gasteiger partial charge is 0.481 e. The zero-order chi connectivity index (χ0) is 23.7. The van der Waals surface area contributed by atoms with Crippen LogP contribution >= 0.6 is 0 Å². The highest BCUT2D eigenvalue weighted by Crippen LogP contribution is 2.44. The van der Waals surface area contributed by atoms with Crippen molar-refractivity contribution >= 4 is 18.0 Å². The Bertz CT molecular complexity index is 1050. The minimum Gasteiger partial charge on any atom is -0.481 e. The van der Waals surface area contributed by atoms with Crippen molar-refractivity contribution in [2.24, 2.45) is 11.8 Å². The Labute approximate surface area is 198 Å². The Hall–Kier alpha value is -3.35. The fourth-order valence-corrected chi connectivity index (χ4v) is 5.34. The zero-order valence-corrected chi connectivity index (χ0v) is 19.0. The van der Waals surface area contributed by atoms with Crippen molar-refractivity contribution in [3.05, 3.63) is 59.7 Å². The Balaban J connectivity index is 1.20. The molecule has 0 bridgehead atoms. The summed E-state index contributed by atoms with van der Waals surface area (Å²) in [6.07, 6.45) is 3.73. The van der Waals surface area contributed by atoms with E-state index in [-0.39, 0.29) is 24.5 Å². The number of benzene rings is 2. The fraction of sp³-hybridized carbons (Fsp3) is 0.444. The molecule has 7 nitrogen and oxygen atoms in total. The van der Waals surface area contributed by atoms with E-state index in [2.05, 4.69) is 34.9 Å². The first-order valence-electron chi connectivity index (χ1n) is 12.1. The minimum absolute atomic E-state index is 0.0414. The summed E-state index contributed by atoms with van der Waals surface area (Å²) >= 11 is 0. The quantitative estimate of drug-likeness (QED) is 0.549. The lowest BCUT2D eigenvalue weighted by molar-refractivity contribution is -0.141. The molecule has 3 aliphatic carbocycles. The van der Waals surface area contributed by atoms with Gasteiger partial charge < -0.3 is 20.5 Å². The van der Waals surface area contributed by atoms with Gasteiger partial charge in [0.2, 0.25) is 5.91 Å². The molecule has 3 N–H and O–H groups in total. The van der Waals surface area contributed by atoms with E-state index in [9.17, 15) is 19.5 Å². The van der Waals surface area contributed by atoms with Gasteiger partial charge in [0.1, 0.15) is 12.6 Å². The Morgan fingerprint density at radius 3 is 2.18 bits per heavy atom. The van der Waals surface area contributed by atoms with Crippen LogP contribution in [0, 0.1) is 11.8 Å². The number of nitrogens with one attached hydrogen (secondary N) is 2. The van der Waals surface area contributed by atoms with Gasteiger partial charge in [-0.1, -0.05) is 61.4 Å². The lowest BCUT2D eigenvalue weighted by Gasteiger charge is -2.22. The van der Waals surface area contributed by atoms with Gasteiger partial charge in [-0.3, -0.25) is 9.59 Å². The number of carbonyl (C=O) groups is 3. The summed E-state index contributed by atoms with van der Waals surface area (Å²) in [5.74, 6) is -1.10. The highest BCUT2D eigenvalue weighted by Gasteiger charge is 2.35. The van der Waals surface area contributed by atoms with Crippen molar-refractivity contribution in [1.82, 2.24) is 10.6 Å². The lowest BCUT2D eigenvalue weighted by Crippen LogP contribution is -2.49. The van der Waals surface area contributed by atoms with E-state index < -0.39 is 24.0 Å². The molecule has 178 valence electrons. The third kappa shape index (κ3) is 4.79. The number of ether oxygens (including phenoxy) is 1. The molecule has 0 aromatic heterocycles. The van der Waals surface area contributed by atoms with Gasteiger partial charge in [-0.15, -0.1) is 0 Å². The van der Waals surface area contributed by atoms with E-state index in [1.165, 1.54) is 0 Å². The van der Waals surface area contributed by atoms with Crippen molar-refractivity contribution < 1.29 is 24.2 Å². The van der Waals surface area contributed by atoms with Gasteiger partial charge in [-0.2, -0.15) is 0 Å².